The first-order chi connectivity index (χ1) is 10.4. The third kappa shape index (κ3) is 2.41. The zero-order valence-electron chi connectivity index (χ0n) is 10.9. The van der Waals surface area contributed by atoms with Crippen LogP contribution in [0.1, 0.15) is 5.56 Å². The van der Waals surface area contributed by atoms with Gasteiger partial charge in [-0.25, -0.2) is 9.50 Å². The Labute approximate surface area is 128 Å². The molecule has 0 amide bonds. The molecule has 4 aromatic heterocycles. The lowest BCUT2D eigenvalue weighted by Gasteiger charge is -2.01. The summed E-state index contributed by atoms with van der Waals surface area (Å²) in [7, 11) is 0. The van der Waals surface area contributed by atoms with Crippen LogP contribution in [0.5, 0.6) is 0 Å². The monoisotopic (exact) mass is 313 g/mol. The van der Waals surface area contributed by atoms with Gasteiger partial charge in [0.15, 0.2) is 0 Å². The quantitative estimate of drug-likeness (QED) is 0.626. The maximum Gasteiger partial charge on any atom is 0.214 e. The molecular weight excluding hydrogens is 302 g/mol. The SMILES string of the molecule is c1csc(-c2cnc3sc(NCc4ccncc4)nn23)c1. The molecule has 0 bridgehead atoms. The van der Waals surface area contributed by atoms with E-state index in [9.17, 15) is 0 Å². The van der Waals surface area contributed by atoms with Crippen molar-refractivity contribution >= 4 is 32.8 Å². The highest BCUT2D eigenvalue weighted by atomic mass is 32.1. The fourth-order valence-corrected chi connectivity index (χ4v) is 3.53. The van der Waals surface area contributed by atoms with Gasteiger partial charge in [0.25, 0.3) is 0 Å². The Morgan fingerprint density at radius 2 is 2.10 bits per heavy atom. The van der Waals surface area contributed by atoms with E-state index in [0.717, 1.165) is 22.3 Å². The maximum atomic E-state index is 4.60. The number of hydrogen-bond donors (Lipinski definition) is 1. The summed E-state index contributed by atoms with van der Waals surface area (Å²) in [6.07, 6.45) is 5.46. The summed E-state index contributed by atoms with van der Waals surface area (Å²) in [5.74, 6) is 0. The number of hydrogen-bond acceptors (Lipinski definition) is 6. The van der Waals surface area contributed by atoms with Crippen LogP contribution in [0, 0.1) is 0 Å². The fourth-order valence-electron chi connectivity index (χ4n) is 2.03. The molecule has 0 radical (unpaired) electrons. The van der Waals surface area contributed by atoms with Crippen molar-refractivity contribution in [3.63, 3.8) is 0 Å². The molecule has 5 nitrogen and oxygen atoms in total. The van der Waals surface area contributed by atoms with E-state index in [1.807, 2.05) is 28.9 Å². The first kappa shape index (κ1) is 12.5. The van der Waals surface area contributed by atoms with Crippen LogP contribution < -0.4 is 5.32 Å². The smallest absolute Gasteiger partial charge is 0.214 e. The summed E-state index contributed by atoms with van der Waals surface area (Å²) in [6, 6.07) is 8.09. The van der Waals surface area contributed by atoms with Gasteiger partial charge in [0.1, 0.15) is 5.69 Å². The summed E-state index contributed by atoms with van der Waals surface area (Å²) in [5, 5.41) is 10.9. The van der Waals surface area contributed by atoms with Gasteiger partial charge in [-0.3, -0.25) is 4.98 Å². The van der Waals surface area contributed by atoms with Gasteiger partial charge in [0.2, 0.25) is 10.1 Å². The Bertz CT molecular complexity index is 848. The molecule has 1 N–H and O–H groups in total. The summed E-state index contributed by atoms with van der Waals surface area (Å²) < 4.78 is 1.89. The zero-order chi connectivity index (χ0) is 14.1. The van der Waals surface area contributed by atoms with Crippen molar-refractivity contribution in [1.82, 2.24) is 19.6 Å². The van der Waals surface area contributed by atoms with E-state index in [1.54, 1.807) is 35.1 Å². The molecule has 0 saturated carbocycles. The van der Waals surface area contributed by atoms with Crippen LogP contribution in [0.15, 0.2) is 48.2 Å². The van der Waals surface area contributed by atoms with E-state index < -0.39 is 0 Å². The lowest BCUT2D eigenvalue weighted by Crippen LogP contribution is -1.99. The van der Waals surface area contributed by atoms with Gasteiger partial charge in [-0.2, -0.15) is 0 Å². The summed E-state index contributed by atoms with van der Waals surface area (Å²) in [4.78, 5) is 10.5. The average Bonchev–Trinajstić information content (AvgIpc) is 3.22. The van der Waals surface area contributed by atoms with Crippen molar-refractivity contribution in [1.29, 1.82) is 0 Å². The second-order valence-electron chi connectivity index (χ2n) is 4.43. The third-order valence-corrected chi connectivity index (χ3v) is 4.82. The van der Waals surface area contributed by atoms with Crippen molar-refractivity contribution < 1.29 is 0 Å². The zero-order valence-corrected chi connectivity index (χ0v) is 12.6. The van der Waals surface area contributed by atoms with Crippen LogP contribution in [0.3, 0.4) is 0 Å². The number of fused-ring (bicyclic) bond motifs is 1. The van der Waals surface area contributed by atoms with Gasteiger partial charge in [-0.05, 0) is 29.1 Å². The fraction of sp³-hybridized carbons (Fsp3) is 0.0714. The van der Waals surface area contributed by atoms with Crippen LogP contribution >= 0.6 is 22.7 Å². The van der Waals surface area contributed by atoms with Crippen LogP contribution in [0.4, 0.5) is 5.13 Å². The van der Waals surface area contributed by atoms with E-state index in [0.29, 0.717) is 0 Å². The second kappa shape index (κ2) is 5.27. The highest BCUT2D eigenvalue weighted by Gasteiger charge is 2.11. The molecule has 0 aromatic carbocycles. The molecule has 0 aliphatic carbocycles. The molecule has 4 heterocycles. The molecule has 0 saturated heterocycles. The lowest BCUT2D eigenvalue weighted by atomic mass is 10.3. The van der Waals surface area contributed by atoms with Gasteiger partial charge >= 0.3 is 0 Å². The first-order valence-electron chi connectivity index (χ1n) is 6.41. The number of imidazole rings is 1. The number of thiophene rings is 1. The molecule has 0 aliphatic heterocycles. The standard InChI is InChI=1S/C14H11N5S2/c1-2-12(20-7-1)11-9-17-14-19(11)18-13(21-14)16-8-10-3-5-15-6-4-10/h1-7,9H,8H2,(H,16,18). The van der Waals surface area contributed by atoms with Crippen LogP contribution in [0.25, 0.3) is 15.5 Å². The minimum Gasteiger partial charge on any atom is -0.356 e. The molecule has 4 aromatic rings. The molecule has 0 unspecified atom stereocenters. The van der Waals surface area contributed by atoms with Crippen molar-refractivity contribution in [2.24, 2.45) is 0 Å². The summed E-state index contributed by atoms with van der Waals surface area (Å²) >= 11 is 3.24. The van der Waals surface area contributed by atoms with Gasteiger partial charge in [0.05, 0.1) is 11.1 Å². The predicted octanol–water partition coefficient (Wildman–Crippen LogP) is 3.53. The largest absolute Gasteiger partial charge is 0.356 e. The van der Waals surface area contributed by atoms with E-state index >= 15 is 0 Å². The predicted molar refractivity (Wildman–Crippen MR) is 85.7 cm³/mol. The number of nitrogens with one attached hydrogen (secondary N) is 1. The van der Waals surface area contributed by atoms with Crippen molar-refractivity contribution in [2.45, 2.75) is 6.54 Å². The normalized spacial score (nSPS) is 11.0. The van der Waals surface area contributed by atoms with Gasteiger partial charge in [-0.1, -0.05) is 17.4 Å². The molecule has 21 heavy (non-hydrogen) atoms. The molecule has 0 aliphatic rings. The van der Waals surface area contributed by atoms with Gasteiger partial charge < -0.3 is 5.32 Å². The van der Waals surface area contributed by atoms with E-state index in [-0.39, 0.29) is 0 Å². The van der Waals surface area contributed by atoms with Crippen LogP contribution in [-0.4, -0.2) is 19.6 Å². The highest BCUT2D eigenvalue weighted by Crippen LogP contribution is 2.28. The van der Waals surface area contributed by atoms with E-state index in [1.165, 1.54) is 10.4 Å². The highest BCUT2D eigenvalue weighted by molar-refractivity contribution is 7.20. The maximum absolute atomic E-state index is 4.60. The summed E-state index contributed by atoms with van der Waals surface area (Å²) in [5.41, 5.74) is 2.21. The van der Waals surface area contributed by atoms with Crippen LogP contribution in [0.2, 0.25) is 0 Å². The van der Waals surface area contributed by atoms with Gasteiger partial charge in [0, 0.05) is 18.9 Å². The number of anilines is 1. The topological polar surface area (TPSA) is 55.1 Å². The molecule has 0 atom stereocenters. The lowest BCUT2D eigenvalue weighted by molar-refractivity contribution is 0.969. The first-order valence-corrected chi connectivity index (χ1v) is 8.11. The Morgan fingerprint density at radius 1 is 1.19 bits per heavy atom. The van der Waals surface area contributed by atoms with Crippen LogP contribution in [-0.2, 0) is 6.54 Å². The number of pyridine rings is 1. The Morgan fingerprint density at radius 3 is 2.90 bits per heavy atom. The number of aromatic nitrogens is 4. The molecule has 0 fully saturated rings. The molecule has 7 heteroatoms. The van der Waals surface area contributed by atoms with Gasteiger partial charge in [-0.15, -0.1) is 16.4 Å². The molecule has 0 spiro atoms. The number of rotatable bonds is 4. The molecule has 104 valence electrons. The van der Waals surface area contributed by atoms with E-state index in [2.05, 4.69) is 31.8 Å². The minimum atomic E-state index is 0.730. The Balaban J connectivity index is 1.60. The van der Waals surface area contributed by atoms with Crippen molar-refractivity contribution in [2.75, 3.05) is 5.32 Å². The second-order valence-corrected chi connectivity index (χ2v) is 6.34. The van der Waals surface area contributed by atoms with Crippen molar-refractivity contribution in [3.8, 4) is 10.6 Å². The molecule has 4 rings (SSSR count). The Hall–Kier alpha value is -2.25. The van der Waals surface area contributed by atoms with E-state index in [4.69, 9.17) is 0 Å². The average molecular weight is 313 g/mol. The van der Waals surface area contributed by atoms with Crippen molar-refractivity contribution in [3.05, 3.63) is 53.8 Å². The molecular formula is C14H11N5S2. The minimum absolute atomic E-state index is 0.730. The number of nitrogens with zero attached hydrogens (tertiary/aromatic N) is 4. The third-order valence-electron chi connectivity index (χ3n) is 3.05. The Kier molecular flexibility index (Phi) is 3.13. The summed E-state index contributed by atoms with van der Waals surface area (Å²) in [6.45, 7) is 0.730.